The Morgan fingerprint density at radius 1 is 1.22 bits per heavy atom. The summed E-state index contributed by atoms with van der Waals surface area (Å²) in [6.07, 6.45) is -0.167. The molecule has 2 unspecified atom stereocenters. The van der Waals surface area contributed by atoms with Gasteiger partial charge in [-0.2, -0.15) is 0 Å². The predicted octanol–water partition coefficient (Wildman–Crippen LogP) is 3.36. The van der Waals surface area contributed by atoms with Crippen molar-refractivity contribution in [2.45, 2.75) is 45.5 Å². The molecule has 0 amide bonds. The van der Waals surface area contributed by atoms with E-state index < -0.39 is 23.8 Å². The summed E-state index contributed by atoms with van der Waals surface area (Å²) >= 11 is 0. The van der Waals surface area contributed by atoms with Gasteiger partial charge in [0, 0.05) is 30.6 Å². The zero-order valence-electron chi connectivity index (χ0n) is 15.2. The average molecular weight is 379 g/mol. The topological polar surface area (TPSA) is 73.3 Å². The monoisotopic (exact) mass is 379 g/mol. The summed E-state index contributed by atoms with van der Waals surface area (Å²) in [7, 11) is 0. The lowest BCUT2D eigenvalue weighted by Crippen LogP contribution is -2.41. The number of aromatic nitrogens is 1. The standard InChI is InChI=1S/C20H23F2NO4/c1-2-27-9-3-4-14-13(7-8-15(23-14)20(21)22)19(26)16-17(24)11-5-6-12(10-11)18(16)25/h7-8,11-12,16,20H,2-6,9-10H2,1H3. The summed E-state index contributed by atoms with van der Waals surface area (Å²) < 4.78 is 31.3. The van der Waals surface area contributed by atoms with Crippen molar-refractivity contribution in [2.24, 2.45) is 17.8 Å². The summed E-state index contributed by atoms with van der Waals surface area (Å²) in [6.45, 7) is 2.79. The molecule has 2 fully saturated rings. The fraction of sp³-hybridized carbons (Fsp3) is 0.600. The van der Waals surface area contributed by atoms with Crippen LogP contribution >= 0.6 is 0 Å². The summed E-state index contributed by atoms with van der Waals surface area (Å²) in [5.74, 6) is -3.02. The highest BCUT2D eigenvalue weighted by Gasteiger charge is 2.50. The number of carbonyl (C=O) groups excluding carboxylic acids is 3. The molecule has 1 aromatic heterocycles. The van der Waals surface area contributed by atoms with Gasteiger partial charge in [-0.25, -0.2) is 8.78 Å². The molecule has 1 aromatic rings. The van der Waals surface area contributed by atoms with Gasteiger partial charge < -0.3 is 4.74 Å². The van der Waals surface area contributed by atoms with Crippen LogP contribution in [0.1, 0.15) is 60.8 Å². The van der Waals surface area contributed by atoms with Crippen LogP contribution in [0.4, 0.5) is 8.78 Å². The number of halogens is 2. The number of hydrogen-bond donors (Lipinski definition) is 0. The first-order chi connectivity index (χ1) is 12.9. The third kappa shape index (κ3) is 3.98. The molecule has 2 bridgehead atoms. The number of nitrogens with zero attached hydrogens (tertiary/aromatic N) is 1. The number of ketones is 3. The molecule has 146 valence electrons. The molecule has 3 rings (SSSR count). The zero-order chi connectivity index (χ0) is 19.6. The van der Waals surface area contributed by atoms with Gasteiger partial charge in [-0.3, -0.25) is 19.4 Å². The summed E-state index contributed by atoms with van der Waals surface area (Å²) in [6, 6.07) is 2.38. The molecule has 2 aliphatic carbocycles. The Labute approximate surface area is 156 Å². The predicted molar refractivity (Wildman–Crippen MR) is 92.7 cm³/mol. The Morgan fingerprint density at radius 3 is 2.48 bits per heavy atom. The molecular weight excluding hydrogens is 356 g/mol. The Hall–Kier alpha value is -2.02. The maximum atomic E-state index is 13.0. The van der Waals surface area contributed by atoms with Crippen molar-refractivity contribution in [2.75, 3.05) is 13.2 Å². The number of fused-ring (bicyclic) bond motifs is 2. The first-order valence-electron chi connectivity index (χ1n) is 9.41. The maximum Gasteiger partial charge on any atom is 0.280 e. The lowest BCUT2D eigenvalue weighted by molar-refractivity contribution is -0.137. The second-order valence-corrected chi connectivity index (χ2v) is 7.14. The van der Waals surface area contributed by atoms with Crippen LogP contribution in [0.2, 0.25) is 0 Å². The summed E-state index contributed by atoms with van der Waals surface area (Å²) in [5.41, 5.74) is -0.112. The molecule has 2 atom stereocenters. The molecule has 0 saturated heterocycles. The van der Waals surface area contributed by atoms with Gasteiger partial charge in [0.25, 0.3) is 6.43 Å². The molecule has 2 aliphatic rings. The summed E-state index contributed by atoms with van der Waals surface area (Å²) in [4.78, 5) is 42.2. The first-order valence-corrected chi connectivity index (χ1v) is 9.41. The van der Waals surface area contributed by atoms with Crippen LogP contribution in [0.25, 0.3) is 0 Å². The first kappa shape index (κ1) is 19.7. The molecule has 2 saturated carbocycles. The van der Waals surface area contributed by atoms with Crippen LogP contribution < -0.4 is 0 Å². The third-order valence-corrected chi connectivity index (χ3v) is 5.46. The van der Waals surface area contributed by atoms with E-state index in [1.165, 1.54) is 6.07 Å². The largest absolute Gasteiger partial charge is 0.382 e. The van der Waals surface area contributed by atoms with E-state index in [9.17, 15) is 23.2 Å². The number of Topliss-reactive ketones (excluding diaryl/α,β-unsaturated/α-hetero) is 3. The molecule has 0 radical (unpaired) electrons. The van der Waals surface area contributed by atoms with Gasteiger partial charge in [0.15, 0.2) is 17.3 Å². The fourth-order valence-corrected chi connectivity index (χ4v) is 4.06. The lowest BCUT2D eigenvalue weighted by Gasteiger charge is -2.24. The molecule has 27 heavy (non-hydrogen) atoms. The molecule has 5 nitrogen and oxygen atoms in total. The normalized spacial score (nSPS) is 24.7. The average Bonchev–Trinajstić information content (AvgIpc) is 3.11. The number of hydrogen-bond acceptors (Lipinski definition) is 5. The van der Waals surface area contributed by atoms with Gasteiger partial charge in [0.1, 0.15) is 11.6 Å². The van der Waals surface area contributed by atoms with Gasteiger partial charge >= 0.3 is 0 Å². The van der Waals surface area contributed by atoms with E-state index in [4.69, 9.17) is 4.74 Å². The van der Waals surface area contributed by atoms with Gasteiger partial charge in [0.05, 0.1) is 5.69 Å². The number of aryl methyl sites for hydroxylation is 1. The van der Waals surface area contributed by atoms with Crippen molar-refractivity contribution < 1.29 is 27.9 Å². The van der Waals surface area contributed by atoms with Gasteiger partial charge in [-0.05, 0) is 51.2 Å². The Morgan fingerprint density at radius 2 is 1.89 bits per heavy atom. The minimum Gasteiger partial charge on any atom is -0.382 e. The Balaban J connectivity index is 1.88. The number of pyridine rings is 1. The van der Waals surface area contributed by atoms with E-state index in [1.54, 1.807) is 0 Å². The highest BCUT2D eigenvalue weighted by atomic mass is 19.3. The second kappa shape index (κ2) is 8.33. The van der Waals surface area contributed by atoms with Crippen molar-refractivity contribution in [3.05, 3.63) is 29.1 Å². The van der Waals surface area contributed by atoms with Crippen molar-refractivity contribution in [3.63, 3.8) is 0 Å². The van der Waals surface area contributed by atoms with Crippen LogP contribution in [-0.4, -0.2) is 35.5 Å². The summed E-state index contributed by atoms with van der Waals surface area (Å²) in [5, 5.41) is 0. The van der Waals surface area contributed by atoms with E-state index in [0.29, 0.717) is 38.9 Å². The fourth-order valence-electron chi connectivity index (χ4n) is 4.06. The van der Waals surface area contributed by atoms with E-state index in [0.717, 1.165) is 6.07 Å². The molecule has 0 aromatic carbocycles. The SMILES string of the molecule is CCOCCCc1nc(C(F)F)ccc1C(=O)C1C(=O)C2CCC(C2)C1=O. The van der Waals surface area contributed by atoms with E-state index in [-0.39, 0.29) is 41.1 Å². The van der Waals surface area contributed by atoms with Crippen LogP contribution in [0.3, 0.4) is 0 Å². The Bertz CT molecular complexity index is 727. The number of rotatable bonds is 8. The van der Waals surface area contributed by atoms with Crippen molar-refractivity contribution in [3.8, 4) is 0 Å². The molecule has 1 heterocycles. The maximum absolute atomic E-state index is 13.0. The number of carbonyl (C=O) groups is 3. The third-order valence-electron chi connectivity index (χ3n) is 5.46. The van der Waals surface area contributed by atoms with E-state index in [1.807, 2.05) is 6.92 Å². The van der Waals surface area contributed by atoms with Crippen molar-refractivity contribution in [1.29, 1.82) is 0 Å². The highest BCUT2D eigenvalue weighted by Crippen LogP contribution is 2.41. The quantitative estimate of drug-likeness (QED) is 0.393. The van der Waals surface area contributed by atoms with Gasteiger partial charge in [-0.1, -0.05) is 0 Å². The van der Waals surface area contributed by atoms with E-state index in [2.05, 4.69) is 4.98 Å². The van der Waals surface area contributed by atoms with Crippen molar-refractivity contribution >= 4 is 17.3 Å². The van der Waals surface area contributed by atoms with Gasteiger partial charge in [-0.15, -0.1) is 0 Å². The zero-order valence-corrected chi connectivity index (χ0v) is 15.2. The second-order valence-electron chi connectivity index (χ2n) is 7.14. The van der Waals surface area contributed by atoms with Crippen LogP contribution in [0, 0.1) is 17.8 Å². The molecular formula is C20H23F2NO4. The molecule has 7 heteroatoms. The lowest BCUT2D eigenvalue weighted by atomic mass is 9.75. The molecule has 0 N–H and O–H groups in total. The van der Waals surface area contributed by atoms with Crippen LogP contribution in [0.15, 0.2) is 12.1 Å². The number of ether oxygens (including phenoxy) is 1. The minimum atomic E-state index is -2.76. The van der Waals surface area contributed by atoms with Crippen LogP contribution in [0.5, 0.6) is 0 Å². The van der Waals surface area contributed by atoms with E-state index >= 15 is 0 Å². The molecule has 0 spiro atoms. The number of alkyl halides is 2. The molecule has 0 aliphatic heterocycles. The highest BCUT2D eigenvalue weighted by molar-refractivity contribution is 6.26. The Kier molecular flexibility index (Phi) is 6.09. The van der Waals surface area contributed by atoms with Crippen molar-refractivity contribution in [1.82, 2.24) is 4.98 Å². The van der Waals surface area contributed by atoms with Gasteiger partial charge in [0.2, 0.25) is 0 Å². The minimum absolute atomic E-state index is 0.101. The smallest absolute Gasteiger partial charge is 0.280 e. The van der Waals surface area contributed by atoms with Crippen LogP contribution in [-0.2, 0) is 20.7 Å².